The maximum Gasteiger partial charge on any atom is 0.260 e. The molecule has 4 nitrogen and oxygen atoms in total. The maximum atomic E-state index is 10.1. The summed E-state index contributed by atoms with van der Waals surface area (Å²) in [5, 5.41) is 14.0. The minimum atomic E-state index is -0.861. The first-order valence-corrected chi connectivity index (χ1v) is 5.55. The Labute approximate surface area is 100 Å². The minimum absolute atomic E-state index is 0.182. The number of benzene rings is 1. The number of aliphatic hydroxyl groups is 1. The quantitative estimate of drug-likeness (QED) is 0.864. The highest BCUT2D eigenvalue weighted by Gasteiger charge is 2.24. The van der Waals surface area contributed by atoms with Gasteiger partial charge in [-0.15, -0.1) is 0 Å². The first-order valence-electron chi connectivity index (χ1n) is 5.55. The second-order valence-corrected chi connectivity index (χ2v) is 5.02. The molecule has 0 aliphatic heterocycles. The van der Waals surface area contributed by atoms with Crippen molar-refractivity contribution in [1.82, 2.24) is 10.1 Å². The average molecular weight is 232 g/mol. The van der Waals surface area contributed by atoms with E-state index in [0.717, 1.165) is 5.56 Å². The van der Waals surface area contributed by atoms with Gasteiger partial charge < -0.3 is 9.63 Å². The molecule has 1 unspecified atom stereocenters. The lowest BCUT2D eigenvalue weighted by Gasteiger charge is -2.11. The Bertz CT molecular complexity index is 486. The van der Waals surface area contributed by atoms with Crippen molar-refractivity contribution in [3.05, 3.63) is 47.6 Å². The molecule has 1 aromatic carbocycles. The lowest BCUT2D eigenvalue weighted by Crippen LogP contribution is -2.13. The van der Waals surface area contributed by atoms with E-state index in [1.807, 2.05) is 51.1 Å². The first kappa shape index (κ1) is 11.8. The fourth-order valence-corrected chi connectivity index (χ4v) is 1.43. The summed E-state index contributed by atoms with van der Waals surface area (Å²) in [6, 6.07) is 9.26. The molecular weight excluding hydrogens is 216 g/mol. The normalized spacial score (nSPS) is 13.6. The standard InChI is InChI=1S/C13H16N2O2/c1-13(2,3)12-14-11(17-15-12)10(16)9-7-5-4-6-8-9/h4-8,10,16H,1-3H3. The van der Waals surface area contributed by atoms with Crippen LogP contribution in [-0.4, -0.2) is 15.2 Å². The minimum Gasteiger partial charge on any atom is -0.378 e. The summed E-state index contributed by atoms with van der Waals surface area (Å²) in [5.74, 6) is 0.837. The zero-order valence-corrected chi connectivity index (χ0v) is 10.2. The van der Waals surface area contributed by atoms with Gasteiger partial charge in [-0.1, -0.05) is 56.3 Å². The molecule has 90 valence electrons. The third-order valence-electron chi connectivity index (χ3n) is 2.46. The molecule has 1 aromatic heterocycles. The molecule has 0 radical (unpaired) electrons. The Kier molecular flexibility index (Phi) is 2.98. The largest absolute Gasteiger partial charge is 0.378 e. The van der Waals surface area contributed by atoms with Gasteiger partial charge in [0.05, 0.1) is 0 Å². The van der Waals surface area contributed by atoms with Crippen LogP contribution < -0.4 is 0 Å². The third-order valence-corrected chi connectivity index (χ3v) is 2.46. The molecule has 0 amide bonds. The number of aliphatic hydroxyl groups excluding tert-OH is 1. The van der Waals surface area contributed by atoms with E-state index in [9.17, 15) is 5.11 Å². The van der Waals surface area contributed by atoms with Gasteiger partial charge in [-0.25, -0.2) is 0 Å². The Hall–Kier alpha value is -1.68. The average Bonchev–Trinajstić information content (AvgIpc) is 2.78. The number of hydrogen-bond acceptors (Lipinski definition) is 4. The van der Waals surface area contributed by atoms with Gasteiger partial charge in [0.1, 0.15) is 0 Å². The van der Waals surface area contributed by atoms with Crippen LogP contribution in [0.15, 0.2) is 34.9 Å². The summed E-state index contributed by atoms with van der Waals surface area (Å²) in [5.41, 5.74) is 0.564. The molecule has 0 aliphatic rings. The summed E-state index contributed by atoms with van der Waals surface area (Å²) >= 11 is 0. The predicted molar refractivity (Wildman–Crippen MR) is 63.5 cm³/mol. The van der Waals surface area contributed by atoms with Gasteiger partial charge in [0, 0.05) is 5.41 Å². The van der Waals surface area contributed by atoms with Crippen molar-refractivity contribution in [2.75, 3.05) is 0 Å². The molecular formula is C13H16N2O2. The van der Waals surface area contributed by atoms with E-state index in [2.05, 4.69) is 10.1 Å². The Balaban J connectivity index is 2.27. The van der Waals surface area contributed by atoms with Gasteiger partial charge in [0.25, 0.3) is 5.89 Å². The summed E-state index contributed by atoms with van der Waals surface area (Å²) < 4.78 is 5.10. The third kappa shape index (κ3) is 2.53. The van der Waals surface area contributed by atoms with Crippen molar-refractivity contribution < 1.29 is 9.63 Å². The van der Waals surface area contributed by atoms with E-state index in [0.29, 0.717) is 5.82 Å². The van der Waals surface area contributed by atoms with Crippen LogP contribution in [0.2, 0.25) is 0 Å². The van der Waals surface area contributed by atoms with E-state index < -0.39 is 6.10 Å². The van der Waals surface area contributed by atoms with E-state index in [1.165, 1.54) is 0 Å². The fourth-order valence-electron chi connectivity index (χ4n) is 1.43. The van der Waals surface area contributed by atoms with Crippen LogP contribution in [0.4, 0.5) is 0 Å². The van der Waals surface area contributed by atoms with Crippen molar-refractivity contribution in [3.63, 3.8) is 0 Å². The predicted octanol–water partition coefficient (Wildman–Crippen LogP) is 2.45. The van der Waals surface area contributed by atoms with E-state index in [4.69, 9.17) is 4.52 Å². The molecule has 0 fully saturated rings. The van der Waals surface area contributed by atoms with Gasteiger partial charge in [0.15, 0.2) is 11.9 Å². The number of nitrogens with zero attached hydrogens (tertiary/aromatic N) is 2. The molecule has 1 N–H and O–H groups in total. The van der Waals surface area contributed by atoms with Crippen LogP contribution in [0, 0.1) is 0 Å². The highest BCUT2D eigenvalue weighted by atomic mass is 16.5. The molecule has 0 spiro atoms. The van der Waals surface area contributed by atoms with Gasteiger partial charge in [-0.05, 0) is 5.56 Å². The van der Waals surface area contributed by atoms with Crippen molar-refractivity contribution >= 4 is 0 Å². The highest BCUT2D eigenvalue weighted by Crippen LogP contribution is 2.24. The van der Waals surface area contributed by atoms with Crippen molar-refractivity contribution in [2.45, 2.75) is 32.3 Å². The van der Waals surface area contributed by atoms with Crippen LogP contribution in [-0.2, 0) is 5.41 Å². The molecule has 0 bridgehead atoms. The zero-order chi connectivity index (χ0) is 12.5. The maximum absolute atomic E-state index is 10.1. The topological polar surface area (TPSA) is 59.2 Å². The molecule has 0 aliphatic carbocycles. The van der Waals surface area contributed by atoms with Gasteiger partial charge >= 0.3 is 0 Å². The van der Waals surface area contributed by atoms with Crippen LogP contribution in [0.25, 0.3) is 0 Å². The second kappa shape index (κ2) is 4.30. The van der Waals surface area contributed by atoms with Crippen molar-refractivity contribution in [2.24, 2.45) is 0 Å². The monoisotopic (exact) mass is 232 g/mol. The molecule has 1 heterocycles. The van der Waals surface area contributed by atoms with Crippen LogP contribution >= 0.6 is 0 Å². The lowest BCUT2D eigenvalue weighted by atomic mass is 9.96. The summed E-state index contributed by atoms with van der Waals surface area (Å²) in [4.78, 5) is 4.23. The SMILES string of the molecule is CC(C)(C)c1noc(C(O)c2ccccc2)n1. The second-order valence-electron chi connectivity index (χ2n) is 5.02. The summed E-state index contributed by atoms with van der Waals surface area (Å²) in [7, 11) is 0. The van der Waals surface area contributed by atoms with E-state index in [1.54, 1.807) is 0 Å². The van der Waals surface area contributed by atoms with Gasteiger partial charge in [0.2, 0.25) is 0 Å². The Morgan fingerprint density at radius 2 is 1.82 bits per heavy atom. The zero-order valence-electron chi connectivity index (χ0n) is 10.2. The summed E-state index contributed by atoms with van der Waals surface area (Å²) in [6.07, 6.45) is -0.861. The van der Waals surface area contributed by atoms with Gasteiger partial charge in [-0.3, -0.25) is 0 Å². The molecule has 2 rings (SSSR count). The molecule has 4 heteroatoms. The van der Waals surface area contributed by atoms with E-state index in [-0.39, 0.29) is 11.3 Å². The lowest BCUT2D eigenvalue weighted by molar-refractivity contribution is 0.170. The van der Waals surface area contributed by atoms with Crippen LogP contribution in [0.5, 0.6) is 0 Å². The number of rotatable bonds is 2. The smallest absolute Gasteiger partial charge is 0.260 e. The molecule has 0 saturated carbocycles. The fraction of sp³-hybridized carbons (Fsp3) is 0.385. The number of hydrogen-bond donors (Lipinski definition) is 1. The highest BCUT2D eigenvalue weighted by molar-refractivity contribution is 5.21. The Morgan fingerprint density at radius 3 is 2.35 bits per heavy atom. The summed E-state index contributed by atoms with van der Waals surface area (Å²) in [6.45, 7) is 5.99. The van der Waals surface area contributed by atoms with Crippen LogP contribution in [0.3, 0.4) is 0 Å². The Morgan fingerprint density at radius 1 is 1.18 bits per heavy atom. The van der Waals surface area contributed by atoms with Crippen LogP contribution in [0.1, 0.15) is 44.2 Å². The molecule has 1 atom stereocenters. The van der Waals surface area contributed by atoms with E-state index >= 15 is 0 Å². The van der Waals surface area contributed by atoms with Crippen molar-refractivity contribution in [1.29, 1.82) is 0 Å². The number of aromatic nitrogens is 2. The van der Waals surface area contributed by atoms with Gasteiger partial charge in [-0.2, -0.15) is 4.98 Å². The molecule has 2 aromatic rings. The first-order chi connectivity index (χ1) is 7.98. The van der Waals surface area contributed by atoms with Crippen molar-refractivity contribution in [3.8, 4) is 0 Å². The molecule has 17 heavy (non-hydrogen) atoms. The molecule has 0 saturated heterocycles.